The van der Waals surface area contributed by atoms with Crippen LogP contribution in [0.4, 0.5) is 0 Å². The number of hydrogen-bond donors (Lipinski definition) is 1. The van der Waals surface area contributed by atoms with Crippen LogP contribution in [0.1, 0.15) is 44.1 Å². The summed E-state index contributed by atoms with van der Waals surface area (Å²) < 4.78 is 22.3. The molecule has 1 aromatic carbocycles. The summed E-state index contributed by atoms with van der Waals surface area (Å²) in [5.41, 5.74) is 0.857. The Morgan fingerprint density at radius 1 is 1.14 bits per heavy atom. The summed E-state index contributed by atoms with van der Waals surface area (Å²) in [6, 6.07) is 6.22. The van der Waals surface area contributed by atoms with E-state index in [1.807, 2.05) is 0 Å². The minimum atomic E-state index is -3.69. The Morgan fingerprint density at radius 3 is 2.33 bits per heavy atom. The lowest BCUT2D eigenvalue weighted by molar-refractivity contribution is -0.122. The minimum absolute atomic E-state index is 0.0657. The van der Waals surface area contributed by atoms with Gasteiger partial charge in [-0.2, -0.15) is 0 Å². The second-order valence-electron chi connectivity index (χ2n) is 5.57. The average Bonchev–Trinajstić information content (AvgIpc) is 2.46. The van der Waals surface area contributed by atoms with E-state index >= 15 is 0 Å². The molecule has 1 amide bonds. The predicted octanol–water partition coefficient (Wildman–Crippen LogP) is 3.20. The van der Waals surface area contributed by atoms with Crippen molar-refractivity contribution in [1.29, 1.82) is 0 Å². The van der Waals surface area contributed by atoms with Crippen LogP contribution in [0.5, 0.6) is 0 Å². The molecule has 0 atom stereocenters. The Balaban J connectivity index is 1.81. The van der Waals surface area contributed by atoms with Gasteiger partial charge in [-0.05, 0) is 36.5 Å². The molecule has 0 radical (unpaired) electrons. The minimum Gasteiger partial charge on any atom is -0.352 e. The highest BCUT2D eigenvalue weighted by atomic mass is 35.7. The van der Waals surface area contributed by atoms with Crippen molar-refractivity contribution in [1.82, 2.24) is 5.32 Å². The topological polar surface area (TPSA) is 63.2 Å². The third-order valence-electron chi connectivity index (χ3n) is 3.89. The summed E-state index contributed by atoms with van der Waals surface area (Å²) in [7, 11) is 1.56. The predicted molar refractivity (Wildman–Crippen MR) is 82.5 cm³/mol. The third-order valence-corrected chi connectivity index (χ3v) is 5.26. The van der Waals surface area contributed by atoms with Crippen LogP contribution in [0.25, 0.3) is 0 Å². The fourth-order valence-electron chi connectivity index (χ4n) is 2.70. The van der Waals surface area contributed by atoms with Crippen molar-refractivity contribution in [3.8, 4) is 0 Å². The number of nitrogens with one attached hydrogen (secondary N) is 1. The lowest BCUT2D eigenvalue weighted by Gasteiger charge is -2.20. The molecule has 0 aliphatic heterocycles. The monoisotopic (exact) mass is 329 g/mol. The van der Waals surface area contributed by atoms with Gasteiger partial charge in [0.2, 0.25) is 5.91 Å². The molecule has 4 nitrogen and oxygen atoms in total. The maximum absolute atomic E-state index is 11.9. The molecule has 0 spiro atoms. The number of carbonyl (C=O) groups excluding carboxylic acids is 1. The van der Waals surface area contributed by atoms with Gasteiger partial charge in [-0.1, -0.05) is 31.4 Å². The van der Waals surface area contributed by atoms with E-state index in [2.05, 4.69) is 5.32 Å². The highest BCUT2D eigenvalue weighted by molar-refractivity contribution is 8.13. The molecule has 1 saturated carbocycles. The zero-order valence-corrected chi connectivity index (χ0v) is 13.4. The van der Waals surface area contributed by atoms with Crippen molar-refractivity contribution in [3.05, 3.63) is 29.8 Å². The van der Waals surface area contributed by atoms with Crippen molar-refractivity contribution >= 4 is 25.6 Å². The van der Waals surface area contributed by atoms with Crippen molar-refractivity contribution < 1.29 is 13.2 Å². The van der Waals surface area contributed by atoms with Crippen LogP contribution < -0.4 is 5.32 Å². The van der Waals surface area contributed by atoms with Crippen molar-refractivity contribution in [2.75, 3.05) is 0 Å². The Morgan fingerprint density at radius 2 is 1.76 bits per heavy atom. The Bertz CT molecular complexity index is 577. The molecule has 1 fully saturated rings. The zero-order valence-electron chi connectivity index (χ0n) is 11.8. The third kappa shape index (κ3) is 5.32. The van der Waals surface area contributed by atoms with E-state index < -0.39 is 9.05 Å². The number of benzene rings is 1. The molecule has 2 rings (SSSR count). The summed E-state index contributed by atoms with van der Waals surface area (Å²) in [4.78, 5) is 12.0. The summed E-state index contributed by atoms with van der Waals surface area (Å²) in [5.74, 6) is 0.582. The largest absolute Gasteiger partial charge is 0.352 e. The molecule has 0 saturated heterocycles. The van der Waals surface area contributed by atoms with Gasteiger partial charge in [0.25, 0.3) is 9.05 Å². The van der Waals surface area contributed by atoms with Crippen LogP contribution in [0.3, 0.4) is 0 Å². The van der Waals surface area contributed by atoms with Crippen molar-refractivity contribution in [3.63, 3.8) is 0 Å². The van der Waals surface area contributed by atoms with E-state index in [1.54, 1.807) is 12.1 Å². The van der Waals surface area contributed by atoms with Crippen LogP contribution >= 0.6 is 10.7 Å². The molecule has 116 valence electrons. The Kier molecular flexibility index (Phi) is 5.65. The molecule has 1 aromatic rings. The SMILES string of the molecule is O=C(CC1CCCCC1)NCc1ccc(S(=O)(=O)Cl)cc1. The van der Waals surface area contributed by atoms with E-state index in [1.165, 1.54) is 31.4 Å². The quantitative estimate of drug-likeness (QED) is 0.844. The molecule has 21 heavy (non-hydrogen) atoms. The lowest BCUT2D eigenvalue weighted by atomic mass is 9.87. The van der Waals surface area contributed by atoms with Crippen LogP contribution in [-0.2, 0) is 20.4 Å². The molecule has 1 aliphatic rings. The molecular weight excluding hydrogens is 310 g/mol. The summed E-state index contributed by atoms with van der Waals surface area (Å²) in [6.07, 6.45) is 6.63. The van der Waals surface area contributed by atoms with Crippen LogP contribution in [0.2, 0.25) is 0 Å². The average molecular weight is 330 g/mol. The molecular formula is C15H20ClNO3S. The second-order valence-corrected chi connectivity index (χ2v) is 8.13. The fraction of sp³-hybridized carbons (Fsp3) is 0.533. The maximum atomic E-state index is 11.9. The first kappa shape index (κ1) is 16.3. The lowest BCUT2D eigenvalue weighted by Crippen LogP contribution is -2.25. The number of halogens is 1. The van der Waals surface area contributed by atoms with E-state index in [0.717, 1.165) is 18.4 Å². The van der Waals surface area contributed by atoms with Crippen molar-refractivity contribution in [2.45, 2.75) is 50.0 Å². The van der Waals surface area contributed by atoms with E-state index in [4.69, 9.17) is 10.7 Å². The van der Waals surface area contributed by atoms with Crippen molar-refractivity contribution in [2.24, 2.45) is 5.92 Å². The zero-order chi connectivity index (χ0) is 15.3. The summed E-state index contributed by atoms with van der Waals surface area (Å²) in [6.45, 7) is 0.411. The van der Waals surface area contributed by atoms with Crippen LogP contribution in [0.15, 0.2) is 29.2 Å². The Labute approximate surface area is 130 Å². The van der Waals surface area contributed by atoms with Gasteiger partial charge in [0.05, 0.1) is 4.90 Å². The number of carbonyl (C=O) groups is 1. The second kappa shape index (κ2) is 7.27. The van der Waals surface area contributed by atoms with Gasteiger partial charge in [-0.15, -0.1) is 0 Å². The summed E-state index contributed by atoms with van der Waals surface area (Å²) in [5, 5.41) is 2.88. The first-order chi connectivity index (χ1) is 9.95. The maximum Gasteiger partial charge on any atom is 0.261 e. The van der Waals surface area contributed by atoms with E-state index in [9.17, 15) is 13.2 Å². The van der Waals surface area contributed by atoms with E-state index in [0.29, 0.717) is 18.9 Å². The fourth-order valence-corrected chi connectivity index (χ4v) is 3.47. The van der Waals surface area contributed by atoms with Gasteiger partial charge in [-0.25, -0.2) is 8.42 Å². The molecule has 0 unspecified atom stereocenters. The summed E-state index contributed by atoms with van der Waals surface area (Å²) >= 11 is 0. The molecule has 0 bridgehead atoms. The Hall–Kier alpha value is -1.07. The number of hydrogen-bond acceptors (Lipinski definition) is 3. The van der Waals surface area contributed by atoms with Gasteiger partial charge in [0.15, 0.2) is 0 Å². The molecule has 1 aliphatic carbocycles. The first-order valence-corrected chi connectivity index (χ1v) is 9.56. The van der Waals surface area contributed by atoms with E-state index in [-0.39, 0.29) is 10.8 Å². The molecule has 1 N–H and O–H groups in total. The first-order valence-electron chi connectivity index (χ1n) is 7.25. The van der Waals surface area contributed by atoms with Gasteiger partial charge in [-0.3, -0.25) is 4.79 Å². The molecule has 6 heteroatoms. The molecule has 0 heterocycles. The normalized spacial score (nSPS) is 16.6. The van der Waals surface area contributed by atoms with Gasteiger partial charge >= 0.3 is 0 Å². The highest BCUT2D eigenvalue weighted by Crippen LogP contribution is 2.26. The van der Waals surface area contributed by atoms with Gasteiger partial charge in [0, 0.05) is 23.6 Å². The number of rotatable bonds is 5. The smallest absolute Gasteiger partial charge is 0.261 e. The standard InChI is InChI=1S/C15H20ClNO3S/c16-21(19,20)14-8-6-13(7-9-14)11-17-15(18)10-12-4-2-1-3-5-12/h6-9,12H,1-5,10-11H2,(H,17,18). The van der Waals surface area contributed by atoms with Crippen LogP contribution in [-0.4, -0.2) is 14.3 Å². The van der Waals surface area contributed by atoms with Gasteiger partial charge < -0.3 is 5.32 Å². The number of amides is 1. The highest BCUT2D eigenvalue weighted by Gasteiger charge is 2.16. The van der Waals surface area contributed by atoms with Gasteiger partial charge in [0.1, 0.15) is 0 Å². The molecule has 0 aromatic heterocycles. The van der Waals surface area contributed by atoms with Crippen LogP contribution in [0, 0.1) is 5.92 Å².